The molecule has 0 radical (unpaired) electrons. The van der Waals surface area contributed by atoms with E-state index < -0.39 is 42.2 Å². The Kier molecular flexibility index (Phi) is 7.57. The smallest absolute Gasteiger partial charge is 0.416 e. The quantitative estimate of drug-likeness (QED) is 0.491. The molecule has 0 spiro atoms. The molecule has 0 aliphatic heterocycles. The van der Waals surface area contributed by atoms with Gasteiger partial charge in [0.2, 0.25) is 0 Å². The Morgan fingerprint density at radius 3 is 2.17 bits per heavy atom. The predicted octanol–water partition coefficient (Wildman–Crippen LogP) is 4.13. The van der Waals surface area contributed by atoms with Gasteiger partial charge in [-0.2, -0.15) is 13.2 Å². The lowest BCUT2D eigenvalue weighted by molar-refractivity contribution is -0.146. The molecule has 0 aliphatic rings. The first-order valence-corrected chi connectivity index (χ1v) is 8.91. The molecule has 0 heterocycles. The van der Waals surface area contributed by atoms with Crippen molar-refractivity contribution in [2.24, 2.45) is 0 Å². The third-order valence-corrected chi connectivity index (χ3v) is 3.95. The molecule has 0 aromatic heterocycles. The first-order valence-electron chi connectivity index (χ1n) is 8.91. The first kappa shape index (κ1) is 22.9. The molecule has 160 valence electrons. The maximum Gasteiger partial charge on any atom is 0.416 e. The van der Waals surface area contributed by atoms with Crippen LogP contribution in [0.2, 0.25) is 0 Å². The summed E-state index contributed by atoms with van der Waals surface area (Å²) in [6, 6.07) is 9.78. The second kappa shape index (κ2) is 9.91. The number of ether oxygens (including phenoxy) is 3. The van der Waals surface area contributed by atoms with Gasteiger partial charge in [-0.3, -0.25) is 9.59 Å². The summed E-state index contributed by atoms with van der Waals surface area (Å²) in [4.78, 5) is 35.9. The third-order valence-electron chi connectivity index (χ3n) is 3.95. The molecule has 0 aliphatic carbocycles. The zero-order valence-electron chi connectivity index (χ0n) is 16.2. The molecule has 0 amide bonds. The molecule has 0 bridgehead atoms. The van der Waals surface area contributed by atoms with Crippen LogP contribution in [0.3, 0.4) is 0 Å². The molecule has 6 nitrogen and oxygen atoms in total. The van der Waals surface area contributed by atoms with Gasteiger partial charge in [0, 0.05) is 6.92 Å². The van der Waals surface area contributed by atoms with E-state index in [-0.39, 0.29) is 23.5 Å². The minimum absolute atomic E-state index is 0.0165. The van der Waals surface area contributed by atoms with E-state index in [2.05, 4.69) is 0 Å². The Hall–Kier alpha value is -3.36. The van der Waals surface area contributed by atoms with Gasteiger partial charge in [-0.1, -0.05) is 24.3 Å². The summed E-state index contributed by atoms with van der Waals surface area (Å²) in [6.45, 7) is 2.31. The number of carbonyl (C=O) groups excluding carboxylic acids is 3. The van der Waals surface area contributed by atoms with Gasteiger partial charge >= 0.3 is 24.1 Å². The largest absolute Gasteiger partial charge is 0.465 e. The zero-order valence-corrected chi connectivity index (χ0v) is 16.2. The van der Waals surface area contributed by atoms with Crippen LogP contribution in [0.25, 0.3) is 0 Å². The number of hydrogen-bond donors (Lipinski definition) is 0. The van der Waals surface area contributed by atoms with Crippen LogP contribution in [0.5, 0.6) is 5.75 Å². The van der Waals surface area contributed by atoms with Crippen molar-refractivity contribution in [3.05, 3.63) is 65.2 Å². The van der Waals surface area contributed by atoms with Gasteiger partial charge in [0.25, 0.3) is 0 Å². The number of esters is 3. The lowest BCUT2D eigenvalue weighted by Crippen LogP contribution is -2.23. The maximum atomic E-state index is 12.8. The second-order valence-electron chi connectivity index (χ2n) is 6.11. The Morgan fingerprint density at radius 1 is 0.967 bits per heavy atom. The van der Waals surface area contributed by atoms with Crippen LogP contribution in [0, 0.1) is 0 Å². The van der Waals surface area contributed by atoms with Gasteiger partial charge in [0.1, 0.15) is 23.8 Å². The van der Waals surface area contributed by atoms with Gasteiger partial charge in [0.15, 0.2) is 0 Å². The van der Waals surface area contributed by atoms with Gasteiger partial charge < -0.3 is 14.2 Å². The first-order chi connectivity index (χ1) is 14.1. The fourth-order valence-electron chi connectivity index (χ4n) is 2.56. The SMILES string of the molecule is CCOC(=O)C(COC(=O)c1ccccc1OC(C)=O)c1ccc(C(F)(F)F)cc1. The number of halogens is 3. The Bertz CT molecular complexity index is 906. The standard InChI is InChI=1S/C21H19F3O6/c1-3-28-20(27)17(14-8-10-15(11-9-14)21(22,23)24)12-29-19(26)16-6-4-5-7-18(16)30-13(2)25/h4-11,17H,3,12H2,1-2H3. The molecule has 0 saturated heterocycles. The molecule has 2 aromatic carbocycles. The summed E-state index contributed by atoms with van der Waals surface area (Å²) < 4.78 is 53.4. The zero-order chi connectivity index (χ0) is 22.3. The van der Waals surface area contributed by atoms with Crippen molar-refractivity contribution in [3.63, 3.8) is 0 Å². The molecule has 2 aromatic rings. The summed E-state index contributed by atoms with van der Waals surface area (Å²) >= 11 is 0. The minimum atomic E-state index is -4.52. The molecular formula is C21H19F3O6. The van der Waals surface area contributed by atoms with E-state index in [1.807, 2.05) is 0 Å². The molecule has 0 N–H and O–H groups in total. The highest BCUT2D eigenvalue weighted by Gasteiger charge is 2.31. The van der Waals surface area contributed by atoms with E-state index in [0.29, 0.717) is 0 Å². The summed E-state index contributed by atoms with van der Waals surface area (Å²) in [5.41, 5.74) is -0.716. The van der Waals surface area contributed by atoms with Crippen molar-refractivity contribution in [1.82, 2.24) is 0 Å². The average Bonchev–Trinajstić information content (AvgIpc) is 2.68. The van der Waals surface area contributed by atoms with Crippen LogP contribution in [0.1, 0.15) is 41.3 Å². The van der Waals surface area contributed by atoms with Crippen molar-refractivity contribution in [2.75, 3.05) is 13.2 Å². The topological polar surface area (TPSA) is 78.9 Å². The fraction of sp³-hybridized carbons (Fsp3) is 0.286. The van der Waals surface area contributed by atoms with Crippen molar-refractivity contribution in [2.45, 2.75) is 25.9 Å². The van der Waals surface area contributed by atoms with E-state index >= 15 is 0 Å². The highest BCUT2D eigenvalue weighted by atomic mass is 19.4. The van der Waals surface area contributed by atoms with E-state index in [1.165, 1.54) is 25.1 Å². The number of hydrogen-bond acceptors (Lipinski definition) is 6. The van der Waals surface area contributed by atoms with Crippen LogP contribution >= 0.6 is 0 Å². The van der Waals surface area contributed by atoms with E-state index in [9.17, 15) is 27.6 Å². The Balaban J connectivity index is 2.21. The van der Waals surface area contributed by atoms with Crippen LogP contribution in [0.4, 0.5) is 13.2 Å². The molecule has 30 heavy (non-hydrogen) atoms. The fourth-order valence-corrected chi connectivity index (χ4v) is 2.56. The number of rotatable bonds is 7. The number of para-hydroxylation sites is 1. The number of alkyl halides is 3. The minimum Gasteiger partial charge on any atom is -0.465 e. The van der Waals surface area contributed by atoms with Crippen molar-refractivity contribution in [3.8, 4) is 5.75 Å². The van der Waals surface area contributed by atoms with Crippen LogP contribution in [0.15, 0.2) is 48.5 Å². The molecule has 1 atom stereocenters. The monoisotopic (exact) mass is 424 g/mol. The van der Waals surface area contributed by atoms with Crippen LogP contribution < -0.4 is 4.74 Å². The maximum absolute atomic E-state index is 12.8. The van der Waals surface area contributed by atoms with E-state index in [0.717, 1.165) is 24.3 Å². The van der Waals surface area contributed by atoms with Crippen molar-refractivity contribution < 1.29 is 41.8 Å². The lowest BCUT2D eigenvalue weighted by atomic mass is 9.98. The summed E-state index contributed by atoms with van der Waals surface area (Å²) in [5.74, 6) is -3.40. The molecule has 0 saturated carbocycles. The second-order valence-corrected chi connectivity index (χ2v) is 6.11. The van der Waals surface area contributed by atoms with Crippen LogP contribution in [-0.2, 0) is 25.2 Å². The van der Waals surface area contributed by atoms with E-state index in [4.69, 9.17) is 14.2 Å². The predicted molar refractivity (Wildman–Crippen MR) is 98.9 cm³/mol. The highest BCUT2D eigenvalue weighted by Crippen LogP contribution is 2.30. The summed E-state index contributed by atoms with van der Waals surface area (Å²) in [5, 5.41) is 0. The van der Waals surface area contributed by atoms with Crippen LogP contribution in [-0.4, -0.2) is 31.1 Å². The van der Waals surface area contributed by atoms with Gasteiger partial charge in [-0.15, -0.1) is 0 Å². The molecular weight excluding hydrogens is 405 g/mol. The average molecular weight is 424 g/mol. The number of carbonyl (C=O) groups is 3. The lowest BCUT2D eigenvalue weighted by Gasteiger charge is -2.17. The molecule has 9 heteroatoms. The van der Waals surface area contributed by atoms with Gasteiger partial charge in [-0.25, -0.2) is 4.79 Å². The summed E-state index contributed by atoms with van der Waals surface area (Å²) in [7, 11) is 0. The van der Waals surface area contributed by atoms with Crippen molar-refractivity contribution in [1.29, 1.82) is 0 Å². The third kappa shape index (κ3) is 6.07. The Morgan fingerprint density at radius 2 is 1.60 bits per heavy atom. The molecule has 2 rings (SSSR count). The van der Waals surface area contributed by atoms with Gasteiger partial charge in [-0.05, 0) is 36.8 Å². The van der Waals surface area contributed by atoms with Crippen molar-refractivity contribution >= 4 is 17.9 Å². The van der Waals surface area contributed by atoms with Gasteiger partial charge in [0.05, 0.1) is 12.2 Å². The highest BCUT2D eigenvalue weighted by molar-refractivity contribution is 5.93. The number of benzene rings is 2. The van der Waals surface area contributed by atoms with E-state index in [1.54, 1.807) is 13.0 Å². The Labute approximate surface area is 170 Å². The normalized spacial score (nSPS) is 12.0. The molecule has 0 fully saturated rings. The molecule has 1 unspecified atom stereocenters. The summed E-state index contributed by atoms with van der Waals surface area (Å²) in [6.07, 6.45) is -4.52.